The number of hydroxylamine groups is 1. The topological polar surface area (TPSA) is 188 Å². The van der Waals surface area contributed by atoms with Crippen molar-refractivity contribution in [3.63, 3.8) is 0 Å². The van der Waals surface area contributed by atoms with Crippen LogP contribution in [0.2, 0.25) is 0 Å². The number of fused-ring (bicyclic) bond motifs is 1. The Morgan fingerprint density at radius 2 is 1.59 bits per heavy atom. The fraction of sp³-hybridized carbons (Fsp3) is 0.375. The number of nitrogens with zero attached hydrogens (tertiary/aromatic N) is 3. The highest BCUT2D eigenvalue weighted by atomic mass is 32.2. The lowest BCUT2D eigenvalue weighted by Gasteiger charge is -2.31. The maximum Gasteiger partial charge on any atom is 0.440 e. The van der Waals surface area contributed by atoms with Gasteiger partial charge in [0.1, 0.15) is 11.7 Å². The van der Waals surface area contributed by atoms with Gasteiger partial charge >= 0.3 is 12.1 Å². The first-order valence-corrected chi connectivity index (χ1v) is 19.0. The molecule has 4 aromatic rings. The van der Waals surface area contributed by atoms with Gasteiger partial charge in [-0.05, 0) is 127 Å². The van der Waals surface area contributed by atoms with Crippen LogP contribution in [0.4, 0.5) is 22.0 Å². The number of aryl methyl sites for hydroxylation is 1. The van der Waals surface area contributed by atoms with Crippen molar-refractivity contribution < 1.29 is 37.5 Å². The molecule has 0 bridgehead atoms. The van der Waals surface area contributed by atoms with E-state index in [4.69, 9.17) is 9.57 Å². The molecule has 0 aliphatic rings. The summed E-state index contributed by atoms with van der Waals surface area (Å²) < 4.78 is 30.7. The standard InChI is InChI=1S/C40H47N5O8S/c1-25(2)54(50,51)33-19-17-30(23-29(33)24-41)43-34(46)11-9-10-26-12-14-27(15-13-26)35(37(47)48)44-31-16-18-32-28(22-31)20-21-42-36(32)45(53-40(6,7)8)38(49)52-39(3,4)5/h12-23,25,35,44H,9-11H2,1-8H3,(H,43,46)(H,47,48). The summed E-state index contributed by atoms with van der Waals surface area (Å²) in [6.07, 6.45) is 2.03. The predicted octanol–water partition coefficient (Wildman–Crippen LogP) is 7.96. The van der Waals surface area contributed by atoms with Crippen LogP contribution in [0.3, 0.4) is 0 Å². The Kier molecular flexibility index (Phi) is 12.7. The zero-order valence-corrected chi connectivity index (χ0v) is 32.6. The van der Waals surface area contributed by atoms with Crippen molar-refractivity contribution in [2.24, 2.45) is 0 Å². The minimum absolute atomic E-state index is 0.0314. The summed E-state index contributed by atoms with van der Waals surface area (Å²) in [6, 6.07) is 19.0. The second-order valence-electron chi connectivity index (χ2n) is 15.0. The van der Waals surface area contributed by atoms with Crippen LogP contribution >= 0.6 is 0 Å². The first-order valence-electron chi connectivity index (χ1n) is 17.5. The van der Waals surface area contributed by atoms with Gasteiger partial charge in [-0.25, -0.2) is 23.0 Å². The molecule has 0 aliphatic carbocycles. The highest BCUT2D eigenvalue weighted by Gasteiger charge is 2.31. The van der Waals surface area contributed by atoms with E-state index in [1.165, 1.54) is 38.2 Å². The Bertz CT molecular complexity index is 2170. The van der Waals surface area contributed by atoms with Crippen molar-refractivity contribution in [3.05, 3.63) is 89.6 Å². The van der Waals surface area contributed by atoms with Crippen molar-refractivity contribution >= 4 is 55.8 Å². The van der Waals surface area contributed by atoms with E-state index in [1.807, 2.05) is 18.2 Å². The van der Waals surface area contributed by atoms with Crippen LogP contribution in [-0.2, 0) is 35.4 Å². The van der Waals surface area contributed by atoms with Crippen LogP contribution in [0.25, 0.3) is 10.8 Å². The van der Waals surface area contributed by atoms with Crippen molar-refractivity contribution in [1.29, 1.82) is 5.26 Å². The zero-order chi connectivity index (χ0) is 40.0. The number of hydrogen-bond donors (Lipinski definition) is 3. The molecule has 13 nitrogen and oxygen atoms in total. The van der Waals surface area contributed by atoms with Gasteiger partial charge in [-0.1, -0.05) is 24.3 Å². The third-order valence-electron chi connectivity index (χ3n) is 7.91. The maximum absolute atomic E-state index is 13.2. The molecule has 4 rings (SSSR count). The van der Waals surface area contributed by atoms with E-state index >= 15 is 0 Å². The molecule has 0 saturated heterocycles. The molecule has 0 fully saturated rings. The number of anilines is 3. The summed E-state index contributed by atoms with van der Waals surface area (Å²) in [5.41, 5.74) is 0.728. The quantitative estimate of drug-likeness (QED) is 0.112. The Balaban J connectivity index is 1.42. The number of aliphatic carboxylic acids is 1. The van der Waals surface area contributed by atoms with Crippen LogP contribution in [0.1, 0.15) is 91.0 Å². The molecule has 0 saturated carbocycles. The van der Waals surface area contributed by atoms with Crippen LogP contribution in [0, 0.1) is 11.3 Å². The van der Waals surface area contributed by atoms with Crippen molar-refractivity contribution in [2.75, 3.05) is 15.7 Å². The summed E-state index contributed by atoms with van der Waals surface area (Å²) in [5.74, 6) is -1.14. The zero-order valence-electron chi connectivity index (χ0n) is 31.8. The smallest absolute Gasteiger partial charge is 0.440 e. The molecule has 1 atom stereocenters. The number of pyridine rings is 1. The Hall–Kier alpha value is -5.52. The van der Waals surface area contributed by atoms with Gasteiger partial charge in [0.2, 0.25) is 5.91 Å². The molecule has 0 radical (unpaired) electrons. The molecule has 14 heteroatoms. The van der Waals surface area contributed by atoms with Crippen LogP contribution in [-0.4, -0.2) is 52.9 Å². The lowest BCUT2D eigenvalue weighted by Crippen LogP contribution is -2.42. The fourth-order valence-corrected chi connectivity index (χ4v) is 6.54. The van der Waals surface area contributed by atoms with Gasteiger partial charge in [-0.3, -0.25) is 9.63 Å². The number of carboxylic acid groups (broad SMARTS) is 1. The van der Waals surface area contributed by atoms with Gasteiger partial charge in [0.05, 0.1) is 21.3 Å². The largest absolute Gasteiger partial charge is 0.479 e. The van der Waals surface area contributed by atoms with Gasteiger partial charge in [-0.2, -0.15) is 5.26 Å². The first kappa shape index (κ1) is 41.2. The minimum Gasteiger partial charge on any atom is -0.479 e. The molecule has 1 unspecified atom stereocenters. The average Bonchev–Trinajstić information content (AvgIpc) is 3.08. The number of hydrogen-bond acceptors (Lipinski definition) is 10. The summed E-state index contributed by atoms with van der Waals surface area (Å²) in [6.45, 7) is 13.8. The first-order chi connectivity index (χ1) is 25.2. The van der Waals surface area contributed by atoms with Crippen LogP contribution < -0.4 is 15.7 Å². The van der Waals surface area contributed by atoms with E-state index in [-0.39, 0.29) is 28.6 Å². The third-order valence-corrected chi connectivity index (χ3v) is 10.1. The van der Waals surface area contributed by atoms with Crippen molar-refractivity contribution in [2.45, 2.75) is 102 Å². The number of benzene rings is 3. The molecule has 0 spiro atoms. The molecule has 54 heavy (non-hydrogen) atoms. The lowest BCUT2D eigenvalue weighted by molar-refractivity contribution is -0.138. The summed E-state index contributed by atoms with van der Waals surface area (Å²) >= 11 is 0. The van der Waals surface area contributed by atoms with E-state index in [9.17, 15) is 33.2 Å². The summed E-state index contributed by atoms with van der Waals surface area (Å²) in [4.78, 5) is 48.6. The van der Waals surface area contributed by atoms with E-state index in [2.05, 4.69) is 15.6 Å². The molecule has 1 heterocycles. The second-order valence-corrected chi connectivity index (χ2v) is 17.5. The second kappa shape index (κ2) is 16.7. The predicted molar refractivity (Wildman–Crippen MR) is 207 cm³/mol. The van der Waals surface area contributed by atoms with Gasteiger partial charge in [0.15, 0.2) is 21.7 Å². The highest BCUT2D eigenvalue weighted by Crippen LogP contribution is 2.32. The number of nitriles is 1. The third kappa shape index (κ3) is 10.8. The monoisotopic (exact) mass is 757 g/mol. The van der Waals surface area contributed by atoms with Gasteiger partial charge in [-0.15, -0.1) is 5.06 Å². The minimum atomic E-state index is -3.65. The molecular weight excluding hydrogens is 711 g/mol. The molecule has 1 aromatic heterocycles. The normalized spacial score (nSPS) is 12.5. The maximum atomic E-state index is 13.2. The number of carboxylic acids is 1. The van der Waals surface area contributed by atoms with Crippen LogP contribution in [0.5, 0.6) is 0 Å². The van der Waals surface area contributed by atoms with Crippen molar-refractivity contribution in [1.82, 2.24) is 4.98 Å². The fourth-order valence-electron chi connectivity index (χ4n) is 5.36. The van der Waals surface area contributed by atoms with Gasteiger partial charge in [0, 0.05) is 29.4 Å². The van der Waals surface area contributed by atoms with E-state index in [0.717, 1.165) is 10.6 Å². The number of nitrogens with one attached hydrogen (secondary N) is 2. The molecule has 3 aromatic carbocycles. The molecule has 3 N–H and O–H groups in total. The summed E-state index contributed by atoms with van der Waals surface area (Å²) in [5, 5.41) is 27.1. The van der Waals surface area contributed by atoms with Gasteiger partial charge in [0.25, 0.3) is 0 Å². The molecule has 2 amide bonds. The number of rotatable bonds is 13. The highest BCUT2D eigenvalue weighted by molar-refractivity contribution is 7.92. The SMILES string of the molecule is CC(C)S(=O)(=O)c1ccc(NC(=O)CCCc2ccc(C(Nc3ccc4c(N(OC(C)(C)C)C(=O)OC(C)(C)C)nccc4c3)C(=O)O)cc2)cc1C#N. The van der Waals surface area contributed by atoms with E-state index < -0.39 is 44.4 Å². The Labute approximate surface area is 316 Å². The summed E-state index contributed by atoms with van der Waals surface area (Å²) in [7, 11) is -3.65. The number of carbonyl (C=O) groups is 3. The van der Waals surface area contributed by atoms with Crippen molar-refractivity contribution in [3.8, 4) is 6.07 Å². The molecular formula is C40H47N5O8S. The van der Waals surface area contributed by atoms with Gasteiger partial charge < -0.3 is 20.5 Å². The Morgan fingerprint density at radius 3 is 2.19 bits per heavy atom. The Morgan fingerprint density at radius 1 is 0.926 bits per heavy atom. The number of carbonyl (C=O) groups excluding carboxylic acids is 2. The number of aromatic nitrogens is 1. The van der Waals surface area contributed by atoms with Crippen LogP contribution in [0.15, 0.2) is 77.8 Å². The number of ether oxygens (including phenoxy) is 1. The number of sulfone groups is 1. The van der Waals surface area contributed by atoms with E-state index in [1.54, 1.807) is 77.9 Å². The average molecular weight is 758 g/mol. The molecule has 286 valence electrons. The number of amides is 2. The molecule has 0 aliphatic heterocycles. The lowest BCUT2D eigenvalue weighted by atomic mass is 10.0. The van der Waals surface area contributed by atoms with E-state index in [0.29, 0.717) is 40.6 Å².